The third kappa shape index (κ3) is 8.21. The minimum Gasteiger partial charge on any atom is -0.494 e. The van der Waals surface area contributed by atoms with E-state index in [4.69, 9.17) is 37.5 Å². The van der Waals surface area contributed by atoms with Gasteiger partial charge in [-0.05, 0) is 67.9 Å². The lowest BCUT2D eigenvalue weighted by atomic mass is 10.0. The van der Waals surface area contributed by atoms with Gasteiger partial charge in [-0.25, -0.2) is 4.79 Å². The van der Waals surface area contributed by atoms with E-state index in [0.717, 1.165) is 0 Å². The van der Waals surface area contributed by atoms with Gasteiger partial charge in [0, 0.05) is 17.7 Å². The van der Waals surface area contributed by atoms with Gasteiger partial charge in [0.1, 0.15) is 18.9 Å². The van der Waals surface area contributed by atoms with Crippen molar-refractivity contribution >= 4 is 52.4 Å². The summed E-state index contributed by atoms with van der Waals surface area (Å²) in [7, 11) is 1.32. The van der Waals surface area contributed by atoms with E-state index in [1.54, 1.807) is 73.7 Å². The zero-order valence-corrected chi connectivity index (χ0v) is 23.7. The van der Waals surface area contributed by atoms with Gasteiger partial charge in [0.15, 0.2) is 5.71 Å². The van der Waals surface area contributed by atoms with E-state index in [1.165, 1.54) is 7.11 Å². The van der Waals surface area contributed by atoms with Gasteiger partial charge in [-0.2, -0.15) is 0 Å². The van der Waals surface area contributed by atoms with Crippen molar-refractivity contribution < 1.29 is 28.7 Å². The lowest BCUT2D eigenvalue weighted by molar-refractivity contribution is -0.146. The summed E-state index contributed by atoms with van der Waals surface area (Å²) in [6.07, 6.45) is 0.124. The van der Waals surface area contributed by atoms with Gasteiger partial charge in [0.05, 0.1) is 28.8 Å². The monoisotopic (exact) mass is 585 g/mol. The Morgan fingerprint density at radius 2 is 1.55 bits per heavy atom. The van der Waals surface area contributed by atoms with Crippen molar-refractivity contribution in [3.05, 3.63) is 93.5 Å². The minimum atomic E-state index is -1.01. The van der Waals surface area contributed by atoms with Crippen LogP contribution in [0.3, 0.4) is 0 Å². The van der Waals surface area contributed by atoms with E-state index >= 15 is 0 Å². The van der Waals surface area contributed by atoms with Crippen molar-refractivity contribution in [3.8, 4) is 5.75 Å². The van der Waals surface area contributed by atoms with Gasteiger partial charge >= 0.3 is 5.97 Å². The molecule has 3 aromatic carbocycles. The van der Waals surface area contributed by atoms with Gasteiger partial charge in [-0.3, -0.25) is 9.59 Å². The first kappa shape index (κ1) is 30.5. The maximum absolute atomic E-state index is 13.2. The maximum atomic E-state index is 13.2. The molecule has 0 saturated heterocycles. The van der Waals surface area contributed by atoms with Crippen LogP contribution < -0.4 is 15.4 Å². The SMILES string of the molecule is CCOC(=O)[C@H](Cc1ccc(NC(=O)c2c(Cl)cccc2Cl)cc1)NC(=O)C(=NOC)c1ccc(OCC)cc1. The summed E-state index contributed by atoms with van der Waals surface area (Å²) in [5.41, 5.74) is 1.83. The fourth-order valence-corrected chi connectivity index (χ4v) is 4.29. The van der Waals surface area contributed by atoms with Crippen LogP contribution in [-0.2, 0) is 25.6 Å². The summed E-state index contributed by atoms with van der Waals surface area (Å²) < 4.78 is 10.6. The molecule has 3 rings (SSSR count). The lowest BCUT2D eigenvalue weighted by Crippen LogP contribution is -2.46. The molecule has 0 fully saturated rings. The Labute approximate surface area is 242 Å². The second-order valence-electron chi connectivity index (χ2n) is 8.31. The van der Waals surface area contributed by atoms with Gasteiger partial charge < -0.3 is 24.9 Å². The van der Waals surface area contributed by atoms with E-state index in [2.05, 4.69) is 15.8 Å². The van der Waals surface area contributed by atoms with Crippen molar-refractivity contribution in [3.63, 3.8) is 0 Å². The van der Waals surface area contributed by atoms with Crippen LogP contribution >= 0.6 is 23.2 Å². The van der Waals surface area contributed by atoms with Crippen molar-refractivity contribution in [2.24, 2.45) is 5.16 Å². The molecule has 0 unspecified atom stereocenters. The second-order valence-corrected chi connectivity index (χ2v) is 9.12. The molecule has 3 aromatic rings. The molecule has 0 aliphatic rings. The third-order valence-corrected chi connectivity index (χ3v) is 6.18. The molecule has 0 aromatic heterocycles. The molecule has 1 atom stereocenters. The predicted molar refractivity (Wildman–Crippen MR) is 154 cm³/mol. The Bertz CT molecular complexity index is 1340. The van der Waals surface area contributed by atoms with Crippen LogP contribution in [0.5, 0.6) is 5.75 Å². The van der Waals surface area contributed by atoms with Crippen LogP contribution in [0.4, 0.5) is 5.69 Å². The molecular weight excluding hydrogens is 557 g/mol. The number of anilines is 1. The Kier molecular flexibility index (Phi) is 11.4. The Morgan fingerprint density at radius 1 is 0.900 bits per heavy atom. The molecule has 0 radical (unpaired) electrons. The quantitative estimate of drug-likeness (QED) is 0.170. The maximum Gasteiger partial charge on any atom is 0.328 e. The molecule has 11 heteroatoms. The molecule has 0 aliphatic carbocycles. The van der Waals surface area contributed by atoms with Crippen LogP contribution in [-0.4, -0.2) is 49.9 Å². The van der Waals surface area contributed by atoms with Crippen LogP contribution in [0.1, 0.15) is 35.3 Å². The number of ether oxygens (including phenoxy) is 2. The molecule has 0 saturated carbocycles. The predicted octanol–water partition coefficient (Wildman–Crippen LogP) is 5.29. The summed E-state index contributed by atoms with van der Waals surface area (Å²) in [4.78, 5) is 43.5. The molecule has 2 N–H and O–H groups in total. The molecule has 9 nitrogen and oxygen atoms in total. The summed E-state index contributed by atoms with van der Waals surface area (Å²) in [5, 5.41) is 9.78. The van der Waals surface area contributed by atoms with E-state index in [0.29, 0.717) is 29.2 Å². The largest absolute Gasteiger partial charge is 0.494 e. The topological polar surface area (TPSA) is 115 Å². The Balaban J connectivity index is 1.74. The zero-order valence-electron chi connectivity index (χ0n) is 22.2. The van der Waals surface area contributed by atoms with Crippen LogP contribution in [0, 0.1) is 0 Å². The number of halogens is 2. The number of benzene rings is 3. The average molecular weight is 586 g/mol. The summed E-state index contributed by atoms with van der Waals surface area (Å²) >= 11 is 12.3. The van der Waals surface area contributed by atoms with E-state index in [-0.39, 0.29) is 34.3 Å². The molecule has 0 bridgehead atoms. The number of esters is 1. The first-order valence-corrected chi connectivity index (χ1v) is 13.2. The molecule has 0 heterocycles. The number of hydrogen-bond acceptors (Lipinski definition) is 7. The van der Waals surface area contributed by atoms with Crippen LogP contribution in [0.2, 0.25) is 10.0 Å². The average Bonchev–Trinajstić information content (AvgIpc) is 2.93. The first-order chi connectivity index (χ1) is 19.3. The minimum absolute atomic E-state index is 0.0175. The highest BCUT2D eigenvalue weighted by atomic mass is 35.5. The second kappa shape index (κ2) is 14.9. The van der Waals surface area contributed by atoms with Crippen molar-refractivity contribution in [2.75, 3.05) is 25.6 Å². The van der Waals surface area contributed by atoms with Crippen molar-refractivity contribution in [1.82, 2.24) is 5.32 Å². The number of nitrogens with one attached hydrogen (secondary N) is 2. The van der Waals surface area contributed by atoms with Gasteiger partial charge in [0.25, 0.3) is 11.8 Å². The summed E-state index contributed by atoms with van der Waals surface area (Å²) in [6, 6.07) is 17.3. The van der Waals surface area contributed by atoms with Crippen molar-refractivity contribution in [1.29, 1.82) is 0 Å². The van der Waals surface area contributed by atoms with E-state index in [9.17, 15) is 14.4 Å². The Morgan fingerprint density at radius 3 is 2.12 bits per heavy atom. The molecule has 0 spiro atoms. The highest BCUT2D eigenvalue weighted by Crippen LogP contribution is 2.25. The number of oxime groups is 1. The number of carbonyl (C=O) groups excluding carboxylic acids is 3. The number of nitrogens with zero attached hydrogens (tertiary/aromatic N) is 1. The molecule has 0 aliphatic heterocycles. The van der Waals surface area contributed by atoms with Gasteiger partial charge in [-0.1, -0.05) is 46.6 Å². The number of rotatable bonds is 12. The lowest BCUT2D eigenvalue weighted by Gasteiger charge is -2.18. The van der Waals surface area contributed by atoms with Gasteiger partial charge in [0.2, 0.25) is 0 Å². The third-order valence-electron chi connectivity index (χ3n) is 5.55. The van der Waals surface area contributed by atoms with E-state index < -0.39 is 23.8 Å². The fourth-order valence-electron chi connectivity index (χ4n) is 3.72. The van der Waals surface area contributed by atoms with Crippen molar-refractivity contribution in [2.45, 2.75) is 26.3 Å². The normalized spacial score (nSPS) is 11.8. The number of carbonyl (C=O) groups is 3. The highest BCUT2D eigenvalue weighted by molar-refractivity contribution is 6.45. The standard InChI is InChI=1S/C29H29Cl2N3O6/c1-4-39-21-15-11-19(12-16-21)26(34-38-3)28(36)33-24(29(37)40-5-2)17-18-9-13-20(14-10-18)32-27(35)25-22(30)7-6-8-23(25)31/h6-16,24H,4-5,17H2,1-3H3,(H,32,35)(H,33,36)/t24-/m0/s1. The smallest absolute Gasteiger partial charge is 0.328 e. The van der Waals surface area contributed by atoms with Crippen LogP contribution in [0.15, 0.2) is 71.9 Å². The molecule has 210 valence electrons. The first-order valence-electron chi connectivity index (χ1n) is 12.4. The van der Waals surface area contributed by atoms with E-state index in [1.807, 2.05) is 6.92 Å². The Hall–Kier alpha value is -4.08. The molecule has 40 heavy (non-hydrogen) atoms. The number of amides is 2. The van der Waals surface area contributed by atoms with Gasteiger partial charge in [-0.15, -0.1) is 0 Å². The zero-order chi connectivity index (χ0) is 29.1. The molecular formula is C29H29Cl2N3O6. The number of hydrogen-bond donors (Lipinski definition) is 2. The van der Waals surface area contributed by atoms with Crippen LogP contribution in [0.25, 0.3) is 0 Å². The fraction of sp³-hybridized carbons (Fsp3) is 0.241. The summed E-state index contributed by atoms with van der Waals surface area (Å²) in [6.45, 7) is 4.19. The highest BCUT2D eigenvalue weighted by Gasteiger charge is 2.26. The summed E-state index contributed by atoms with van der Waals surface area (Å²) in [5.74, 6) is -1.05. The molecule has 2 amide bonds.